The Hall–Kier alpha value is -3.48. The van der Waals surface area contributed by atoms with E-state index in [1.807, 2.05) is 44.2 Å². The molecule has 0 aliphatic rings. The second-order valence-corrected chi connectivity index (χ2v) is 5.99. The Bertz CT molecular complexity index is 909. The van der Waals surface area contributed by atoms with Crippen molar-refractivity contribution >= 4 is 11.7 Å². The topological polar surface area (TPSA) is 85.5 Å². The SMILES string of the molecule is CCOc1cc(C(=O)Nc2cc(C)[nH]n2)ccc1OCCOc1ccccc1. The Morgan fingerprint density at radius 3 is 2.50 bits per heavy atom. The first-order valence-corrected chi connectivity index (χ1v) is 9.06. The molecular weight excluding hydrogens is 358 g/mol. The number of aryl methyl sites for hydroxylation is 1. The summed E-state index contributed by atoms with van der Waals surface area (Å²) in [5.41, 5.74) is 1.32. The van der Waals surface area contributed by atoms with Gasteiger partial charge in [0.25, 0.3) is 5.91 Å². The van der Waals surface area contributed by atoms with Crippen LogP contribution in [0.15, 0.2) is 54.6 Å². The maximum atomic E-state index is 12.4. The fraction of sp³-hybridized carbons (Fsp3) is 0.238. The number of aromatic nitrogens is 2. The van der Waals surface area contributed by atoms with Gasteiger partial charge in [0.15, 0.2) is 17.3 Å². The number of nitrogens with one attached hydrogen (secondary N) is 2. The zero-order valence-corrected chi connectivity index (χ0v) is 15.9. The van der Waals surface area contributed by atoms with E-state index in [0.29, 0.717) is 42.7 Å². The standard InChI is InChI=1S/C21H23N3O4/c1-3-26-19-14-16(21(25)22-20-13-15(2)23-24-20)9-10-18(19)28-12-11-27-17-7-5-4-6-8-17/h4-10,13-14H,3,11-12H2,1-2H3,(H2,22,23,24,25). The Kier molecular flexibility index (Phi) is 6.51. The first kappa shape index (κ1) is 19.3. The number of amides is 1. The van der Waals surface area contributed by atoms with E-state index in [0.717, 1.165) is 11.4 Å². The first-order valence-electron chi connectivity index (χ1n) is 9.06. The predicted molar refractivity (Wildman–Crippen MR) is 106 cm³/mol. The third-order valence-electron chi connectivity index (χ3n) is 3.81. The Balaban J connectivity index is 1.60. The second kappa shape index (κ2) is 9.45. The van der Waals surface area contributed by atoms with Crippen LogP contribution in [0.25, 0.3) is 0 Å². The van der Waals surface area contributed by atoms with E-state index in [9.17, 15) is 4.79 Å². The Labute approximate surface area is 163 Å². The van der Waals surface area contributed by atoms with Gasteiger partial charge in [0.1, 0.15) is 19.0 Å². The summed E-state index contributed by atoms with van der Waals surface area (Å²) in [6.07, 6.45) is 0. The maximum Gasteiger partial charge on any atom is 0.257 e. The van der Waals surface area contributed by atoms with E-state index in [1.165, 1.54) is 0 Å². The molecule has 2 aromatic carbocycles. The van der Waals surface area contributed by atoms with Crippen LogP contribution in [0.3, 0.4) is 0 Å². The van der Waals surface area contributed by atoms with Gasteiger partial charge in [0.2, 0.25) is 0 Å². The molecule has 3 aromatic rings. The van der Waals surface area contributed by atoms with Crippen molar-refractivity contribution in [3.05, 3.63) is 65.9 Å². The molecule has 0 bridgehead atoms. The van der Waals surface area contributed by atoms with Gasteiger partial charge < -0.3 is 19.5 Å². The number of benzene rings is 2. The number of anilines is 1. The second-order valence-electron chi connectivity index (χ2n) is 5.99. The molecule has 1 aromatic heterocycles. The molecule has 1 amide bonds. The predicted octanol–water partition coefficient (Wildman–Crippen LogP) is 3.83. The van der Waals surface area contributed by atoms with Gasteiger partial charge in [0.05, 0.1) is 6.61 Å². The highest BCUT2D eigenvalue weighted by atomic mass is 16.5. The third-order valence-corrected chi connectivity index (χ3v) is 3.81. The van der Waals surface area contributed by atoms with Crippen LogP contribution in [0.1, 0.15) is 23.0 Å². The number of rotatable bonds is 9. The number of nitrogens with zero attached hydrogens (tertiary/aromatic N) is 1. The van der Waals surface area contributed by atoms with Gasteiger partial charge in [-0.25, -0.2) is 0 Å². The highest BCUT2D eigenvalue weighted by Crippen LogP contribution is 2.29. The molecule has 2 N–H and O–H groups in total. The summed E-state index contributed by atoms with van der Waals surface area (Å²) in [6, 6.07) is 16.4. The fourth-order valence-electron chi connectivity index (χ4n) is 2.54. The minimum absolute atomic E-state index is 0.272. The molecule has 0 aliphatic heterocycles. The number of H-pyrrole nitrogens is 1. The van der Waals surface area contributed by atoms with Crippen molar-refractivity contribution < 1.29 is 19.0 Å². The van der Waals surface area contributed by atoms with E-state index >= 15 is 0 Å². The zero-order chi connectivity index (χ0) is 19.8. The van der Waals surface area contributed by atoms with Gasteiger partial charge in [-0.3, -0.25) is 9.89 Å². The van der Waals surface area contributed by atoms with E-state index in [1.54, 1.807) is 24.3 Å². The van der Waals surface area contributed by atoms with Crippen LogP contribution >= 0.6 is 0 Å². The van der Waals surface area contributed by atoms with Crippen LogP contribution in [-0.4, -0.2) is 35.9 Å². The van der Waals surface area contributed by atoms with Crippen molar-refractivity contribution in [2.75, 3.05) is 25.1 Å². The van der Waals surface area contributed by atoms with Crippen molar-refractivity contribution in [3.8, 4) is 17.2 Å². The molecule has 0 saturated heterocycles. The summed E-state index contributed by atoms with van der Waals surface area (Å²) >= 11 is 0. The van der Waals surface area contributed by atoms with E-state index in [-0.39, 0.29) is 5.91 Å². The lowest BCUT2D eigenvalue weighted by Crippen LogP contribution is -2.13. The van der Waals surface area contributed by atoms with Crippen LogP contribution in [0.4, 0.5) is 5.82 Å². The molecule has 1 heterocycles. The molecule has 7 heteroatoms. The molecule has 0 aliphatic carbocycles. The monoisotopic (exact) mass is 381 g/mol. The van der Waals surface area contributed by atoms with E-state index in [4.69, 9.17) is 14.2 Å². The number of hydrogen-bond donors (Lipinski definition) is 2. The Morgan fingerprint density at radius 2 is 1.79 bits per heavy atom. The van der Waals surface area contributed by atoms with Crippen LogP contribution in [0.5, 0.6) is 17.2 Å². The lowest BCUT2D eigenvalue weighted by atomic mass is 10.2. The van der Waals surface area contributed by atoms with Gasteiger partial charge in [-0.15, -0.1) is 0 Å². The number of carbonyl (C=O) groups excluding carboxylic acids is 1. The lowest BCUT2D eigenvalue weighted by molar-refractivity contribution is 0.102. The molecule has 0 saturated carbocycles. The number of aromatic amines is 1. The Morgan fingerprint density at radius 1 is 1.00 bits per heavy atom. The number of ether oxygens (including phenoxy) is 3. The van der Waals surface area contributed by atoms with Crippen LogP contribution in [0, 0.1) is 6.92 Å². The molecule has 0 spiro atoms. The molecule has 28 heavy (non-hydrogen) atoms. The summed E-state index contributed by atoms with van der Waals surface area (Å²) in [4.78, 5) is 12.4. The molecular formula is C21H23N3O4. The minimum atomic E-state index is -0.272. The molecule has 0 radical (unpaired) electrons. The summed E-state index contributed by atoms with van der Waals surface area (Å²) in [5, 5.41) is 9.53. The minimum Gasteiger partial charge on any atom is -0.490 e. The number of para-hydroxylation sites is 1. The summed E-state index contributed by atoms with van der Waals surface area (Å²) < 4.78 is 17.0. The highest BCUT2D eigenvalue weighted by molar-refractivity contribution is 6.04. The molecule has 0 unspecified atom stereocenters. The van der Waals surface area contributed by atoms with Crippen LogP contribution < -0.4 is 19.5 Å². The maximum absolute atomic E-state index is 12.4. The van der Waals surface area contributed by atoms with Crippen LogP contribution in [0.2, 0.25) is 0 Å². The molecule has 146 valence electrons. The molecule has 3 rings (SSSR count). The average molecular weight is 381 g/mol. The quantitative estimate of drug-likeness (QED) is 0.550. The highest BCUT2D eigenvalue weighted by Gasteiger charge is 2.13. The summed E-state index contributed by atoms with van der Waals surface area (Å²) in [5.74, 6) is 2.06. The van der Waals surface area contributed by atoms with Gasteiger partial charge >= 0.3 is 0 Å². The van der Waals surface area contributed by atoms with Crippen LogP contribution in [-0.2, 0) is 0 Å². The zero-order valence-electron chi connectivity index (χ0n) is 15.9. The van der Waals surface area contributed by atoms with Crippen molar-refractivity contribution in [3.63, 3.8) is 0 Å². The lowest BCUT2D eigenvalue weighted by Gasteiger charge is -2.13. The van der Waals surface area contributed by atoms with Gasteiger partial charge in [-0.05, 0) is 44.2 Å². The van der Waals surface area contributed by atoms with Crippen molar-refractivity contribution in [1.82, 2.24) is 10.2 Å². The first-order chi connectivity index (χ1) is 13.7. The average Bonchev–Trinajstić information content (AvgIpc) is 3.11. The van der Waals surface area contributed by atoms with Crippen molar-refractivity contribution in [1.29, 1.82) is 0 Å². The largest absolute Gasteiger partial charge is 0.490 e. The number of hydrogen-bond acceptors (Lipinski definition) is 5. The van der Waals surface area contributed by atoms with Crippen molar-refractivity contribution in [2.45, 2.75) is 13.8 Å². The molecule has 0 atom stereocenters. The fourth-order valence-corrected chi connectivity index (χ4v) is 2.54. The van der Waals surface area contributed by atoms with Gasteiger partial charge in [-0.1, -0.05) is 18.2 Å². The summed E-state index contributed by atoms with van der Waals surface area (Å²) in [6.45, 7) is 4.95. The van der Waals surface area contributed by atoms with Gasteiger partial charge in [0, 0.05) is 17.3 Å². The normalized spacial score (nSPS) is 10.4. The smallest absolute Gasteiger partial charge is 0.257 e. The van der Waals surface area contributed by atoms with Gasteiger partial charge in [-0.2, -0.15) is 5.10 Å². The number of carbonyl (C=O) groups is 1. The molecule has 7 nitrogen and oxygen atoms in total. The van der Waals surface area contributed by atoms with Crippen molar-refractivity contribution in [2.24, 2.45) is 0 Å². The summed E-state index contributed by atoms with van der Waals surface area (Å²) in [7, 11) is 0. The molecule has 0 fully saturated rings. The van der Waals surface area contributed by atoms with E-state index < -0.39 is 0 Å². The van der Waals surface area contributed by atoms with E-state index in [2.05, 4.69) is 15.5 Å². The third kappa shape index (κ3) is 5.26.